The Morgan fingerprint density at radius 1 is 1.42 bits per heavy atom. The zero-order chi connectivity index (χ0) is 13.1. The predicted molar refractivity (Wildman–Crippen MR) is 70.8 cm³/mol. The highest BCUT2D eigenvalue weighted by Gasteiger charge is 2.24. The number of piperidine rings is 1. The Labute approximate surface area is 112 Å². The van der Waals surface area contributed by atoms with Gasteiger partial charge in [-0.3, -0.25) is 4.98 Å². The SMILES string of the molecule is CC1CC(c2nc(Cc3ccccn3)no2)CCN1. The topological polar surface area (TPSA) is 63.8 Å². The summed E-state index contributed by atoms with van der Waals surface area (Å²) in [5.74, 6) is 1.89. The summed E-state index contributed by atoms with van der Waals surface area (Å²) in [7, 11) is 0. The number of aromatic nitrogens is 3. The van der Waals surface area contributed by atoms with Crippen molar-refractivity contribution in [2.24, 2.45) is 0 Å². The molecule has 0 aliphatic carbocycles. The van der Waals surface area contributed by atoms with E-state index in [-0.39, 0.29) is 0 Å². The zero-order valence-corrected chi connectivity index (χ0v) is 11.0. The lowest BCUT2D eigenvalue weighted by Gasteiger charge is -2.25. The highest BCUT2D eigenvalue weighted by atomic mass is 16.5. The fraction of sp³-hybridized carbons (Fsp3) is 0.500. The van der Waals surface area contributed by atoms with E-state index in [1.807, 2.05) is 18.2 Å². The van der Waals surface area contributed by atoms with Crippen molar-refractivity contribution >= 4 is 0 Å². The number of nitrogens with one attached hydrogen (secondary N) is 1. The standard InChI is InChI=1S/C14H18N4O/c1-10-8-11(5-7-15-10)14-17-13(18-19-14)9-12-4-2-3-6-16-12/h2-4,6,10-11,15H,5,7-9H2,1H3. The molecule has 3 rings (SSSR count). The van der Waals surface area contributed by atoms with Crippen molar-refractivity contribution in [3.63, 3.8) is 0 Å². The van der Waals surface area contributed by atoms with Crippen molar-refractivity contribution in [1.82, 2.24) is 20.4 Å². The molecule has 1 saturated heterocycles. The summed E-state index contributed by atoms with van der Waals surface area (Å²) >= 11 is 0. The molecular formula is C14H18N4O. The van der Waals surface area contributed by atoms with Gasteiger partial charge in [-0.25, -0.2) is 0 Å². The molecule has 3 heterocycles. The molecule has 1 fully saturated rings. The lowest BCUT2D eigenvalue weighted by atomic mass is 9.93. The molecule has 1 aliphatic heterocycles. The summed E-state index contributed by atoms with van der Waals surface area (Å²) in [6, 6.07) is 6.37. The fourth-order valence-electron chi connectivity index (χ4n) is 2.53. The molecule has 5 nitrogen and oxygen atoms in total. The summed E-state index contributed by atoms with van der Waals surface area (Å²) in [4.78, 5) is 8.79. The van der Waals surface area contributed by atoms with Gasteiger partial charge in [0.05, 0.1) is 6.42 Å². The van der Waals surface area contributed by atoms with Gasteiger partial charge >= 0.3 is 0 Å². The van der Waals surface area contributed by atoms with Gasteiger partial charge in [0, 0.05) is 23.9 Å². The molecular weight excluding hydrogens is 240 g/mol. The van der Waals surface area contributed by atoms with Gasteiger partial charge in [0.2, 0.25) is 5.89 Å². The second kappa shape index (κ2) is 5.48. The van der Waals surface area contributed by atoms with E-state index < -0.39 is 0 Å². The van der Waals surface area contributed by atoms with Crippen LogP contribution in [0, 0.1) is 0 Å². The van der Waals surface area contributed by atoms with Crippen molar-refractivity contribution in [2.75, 3.05) is 6.54 Å². The van der Waals surface area contributed by atoms with Crippen LogP contribution in [0.15, 0.2) is 28.9 Å². The normalized spacial score (nSPS) is 23.4. The summed E-state index contributed by atoms with van der Waals surface area (Å²) < 4.78 is 5.41. The van der Waals surface area contributed by atoms with Crippen LogP contribution in [0.5, 0.6) is 0 Å². The van der Waals surface area contributed by atoms with E-state index in [2.05, 4.69) is 27.4 Å². The second-order valence-electron chi connectivity index (χ2n) is 5.12. The smallest absolute Gasteiger partial charge is 0.229 e. The lowest BCUT2D eigenvalue weighted by molar-refractivity contribution is 0.294. The maximum Gasteiger partial charge on any atom is 0.229 e. The molecule has 2 aromatic heterocycles. The number of rotatable bonds is 3. The Hall–Kier alpha value is -1.75. The Bertz CT molecular complexity index is 525. The van der Waals surface area contributed by atoms with Gasteiger partial charge in [-0.2, -0.15) is 4.98 Å². The quantitative estimate of drug-likeness (QED) is 0.911. The van der Waals surface area contributed by atoms with Crippen LogP contribution >= 0.6 is 0 Å². The van der Waals surface area contributed by atoms with Gasteiger partial charge in [0.25, 0.3) is 0 Å². The number of nitrogens with zero attached hydrogens (tertiary/aromatic N) is 3. The van der Waals surface area contributed by atoms with Crippen molar-refractivity contribution in [3.8, 4) is 0 Å². The third-order valence-corrected chi connectivity index (χ3v) is 3.52. The molecule has 0 radical (unpaired) electrons. The monoisotopic (exact) mass is 258 g/mol. The first kappa shape index (κ1) is 12.3. The van der Waals surface area contributed by atoms with Gasteiger partial charge < -0.3 is 9.84 Å². The average Bonchev–Trinajstić information content (AvgIpc) is 2.88. The van der Waals surface area contributed by atoms with E-state index >= 15 is 0 Å². The van der Waals surface area contributed by atoms with Gasteiger partial charge in [-0.15, -0.1) is 0 Å². The summed E-state index contributed by atoms with van der Waals surface area (Å²) in [6.07, 6.45) is 4.54. The van der Waals surface area contributed by atoms with Gasteiger partial charge in [0.1, 0.15) is 0 Å². The molecule has 19 heavy (non-hydrogen) atoms. The van der Waals surface area contributed by atoms with E-state index in [0.29, 0.717) is 18.4 Å². The molecule has 0 amide bonds. The molecule has 0 spiro atoms. The van der Waals surface area contributed by atoms with Crippen molar-refractivity contribution < 1.29 is 4.52 Å². The maximum atomic E-state index is 5.41. The number of hydrogen-bond acceptors (Lipinski definition) is 5. The first-order valence-electron chi connectivity index (χ1n) is 6.77. The van der Waals surface area contributed by atoms with E-state index in [4.69, 9.17) is 4.52 Å². The van der Waals surface area contributed by atoms with Crippen molar-refractivity contribution in [1.29, 1.82) is 0 Å². The summed E-state index contributed by atoms with van der Waals surface area (Å²) in [5, 5.41) is 7.49. The fourth-order valence-corrected chi connectivity index (χ4v) is 2.53. The Kier molecular flexibility index (Phi) is 3.55. The predicted octanol–water partition coefficient (Wildman–Crippen LogP) is 1.91. The Morgan fingerprint density at radius 3 is 3.16 bits per heavy atom. The molecule has 1 N–H and O–H groups in total. The average molecular weight is 258 g/mol. The molecule has 5 heteroatoms. The minimum Gasteiger partial charge on any atom is -0.339 e. The van der Waals surface area contributed by atoms with Crippen LogP contribution in [-0.4, -0.2) is 27.7 Å². The van der Waals surface area contributed by atoms with E-state index in [1.165, 1.54) is 0 Å². The molecule has 100 valence electrons. The molecule has 2 aromatic rings. The third-order valence-electron chi connectivity index (χ3n) is 3.52. The molecule has 2 unspecified atom stereocenters. The number of hydrogen-bond donors (Lipinski definition) is 1. The first-order valence-corrected chi connectivity index (χ1v) is 6.77. The maximum absolute atomic E-state index is 5.41. The highest BCUT2D eigenvalue weighted by Crippen LogP contribution is 2.26. The largest absolute Gasteiger partial charge is 0.339 e. The minimum absolute atomic E-state index is 0.390. The Morgan fingerprint density at radius 2 is 2.37 bits per heavy atom. The van der Waals surface area contributed by atoms with Crippen LogP contribution in [0.2, 0.25) is 0 Å². The molecule has 2 atom stereocenters. The van der Waals surface area contributed by atoms with Crippen molar-refractivity contribution in [3.05, 3.63) is 41.8 Å². The van der Waals surface area contributed by atoms with Crippen LogP contribution in [0.25, 0.3) is 0 Å². The zero-order valence-electron chi connectivity index (χ0n) is 11.0. The van der Waals surface area contributed by atoms with E-state index in [9.17, 15) is 0 Å². The Balaban J connectivity index is 1.69. The molecule has 1 aliphatic rings. The highest BCUT2D eigenvalue weighted by molar-refractivity contribution is 5.09. The minimum atomic E-state index is 0.390. The van der Waals surface area contributed by atoms with E-state index in [0.717, 1.165) is 36.8 Å². The lowest BCUT2D eigenvalue weighted by Crippen LogP contribution is -2.34. The number of pyridine rings is 1. The van der Waals surface area contributed by atoms with Crippen LogP contribution in [-0.2, 0) is 6.42 Å². The van der Waals surface area contributed by atoms with Crippen LogP contribution in [0.1, 0.15) is 43.1 Å². The third kappa shape index (κ3) is 2.98. The van der Waals surface area contributed by atoms with Gasteiger partial charge in [0.15, 0.2) is 5.82 Å². The van der Waals surface area contributed by atoms with E-state index in [1.54, 1.807) is 6.20 Å². The molecule has 0 bridgehead atoms. The van der Waals surface area contributed by atoms with Crippen LogP contribution in [0.4, 0.5) is 0 Å². The van der Waals surface area contributed by atoms with Crippen molar-refractivity contribution in [2.45, 2.75) is 38.1 Å². The molecule has 0 saturated carbocycles. The summed E-state index contributed by atoms with van der Waals surface area (Å²) in [5.41, 5.74) is 0.966. The van der Waals surface area contributed by atoms with Crippen LogP contribution in [0.3, 0.4) is 0 Å². The van der Waals surface area contributed by atoms with Gasteiger partial charge in [-0.1, -0.05) is 11.2 Å². The first-order chi connectivity index (χ1) is 9.31. The van der Waals surface area contributed by atoms with Gasteiger partial charge in [-0.05, 0) is 38.4 Å². The van der Waals surface area contributed by atoms with Crippen LogP contribution < -0.4 is 5.32 Å². The second-order valence-corrected chi connectivity index (χ2v) is 5.12. The molecule has 0 aromatic carbocycles. The summed E-state index contributed by atoms with van der Waals surface area (Å²) in [6.45, 7) is 3.21.